The number of aryl methyl sites for hydroxylation is 1. The molecule has 0 aliphatic carbocycles. The molecule has 32 heavy (non-hydrogen) atoms. The minimum absolute atomic E-state index is 0.0506. The number of para-hydroxylation sites is 1. The molecule has 1 unspecified atom stereocenters. The van der Waals surface area contributed by atoms with E-state index >= 15 is 0 Å². The summed E-state index contributed by atoms with van der Waals surface area (Å²) in [5.74, 6) is -2.97. The highest BCUT2D eigenvalue weighted by Crippen LogP contribution is 2.44. The Kier molecular flexibility index (Phi) is 5.28. The number of rotatable bonds is 4. The lowest BCUT2D eigenvalue weighted by Gasteiger charge is -2.25. The van der Waals surface area contributed by atoms with Crippen molar-refractivity contribution >= 4 is 28.8 Å². The molecular formula is C24H17FN2O5. The van der Waals surface area contributed by atoms with E-state index in [9.17, 15) is 29.2 Å². The van der Waals surface area contributed by atoms with Crippen molar-refractivity contribution < 1.29 is 24.0 Å². The zero-order valence-corrected chi connectivity index (χ0v) is 16.9. The summed E-state index contributed by atoms with van der Waals surface area (Å²) in [6.45, 7) is 1.85. The van der Waals surface area contributed by atoms with Crippen molar-refractivity contribution in [3.05, 3.63) is 111 Å². The Morgan fingerprint density at radius 2 is 1.62 bits per heavy atom. The minimum atomic E-state index is -1.27. The number of aliphatic hydroxyl groups excluding tert-OH is 1. The smallest absolute Gasteiger partial charge is 0.300 e. The molecule has 0 aromatic heterocycles. The van der Waals surface area contributed by atoms with Crippen LogP contribution in [0.1, 0.15) is 22.7 Å². The summed E-state index contributed by atoms with van der Waals surface area (Å²) in [7, 11) is 0. The van der Waals surface area contributed by atoms with Crippen molar-refractivity contribution in [1.82, 2.24) is 0 Å². The largest absolute Gasteiger partial charge is 0.507 e. The van der Waals surface area contributed by atoms with Crippen LogP contribution in [0.5, 0.6) is 0 Å². The number of halogens is 1. The third kappa shape index (κ3) is 3.51. The average molecular weight is 432 g/mol. The average Bonchev–Trinajstić information content (AvgIpc) is 3.05. The number of Topliss-reactive ketones (excluding diaryl/α,β-unsaturated/α-hetero) is 1. The number of hydrogen-bond donors (Lipinski definition) is 1. The van der Waals surface area contributed by atoms with Gasteiger partial charge in [0.25, 0.3) is 17.4 Å². The fraction of sp³-hybridized carbons (Fsp3) is 0.0833. The molecule has 160 valence electrons. The van der Waals surface area contributed by atoms with E-state index in [4.69, 9.17) is 0 Å². The summed E-state index contributed by atoms with van der Waals surface area (Å²) in [5, 5.41) is 22.7. The molecule has 1 amide bonds. The zero-order chi connectivity index (χ0) is 23.0. The third-order valence-electron chi connectivity index (χ3n) is 5.30. The topological polar surface area (TPSA) is 101 Å². The first-order valence-electron chi connectivity index (χ1n) is 9.66. The molecule has 0 spiro atoms. The van der Waals surface area contributed by atoms with Gasteiger partial charge in [-0.3, -0.25) is 24.6 Å². The standard InChI is InChI=1S/C24H17FN2O5/c1-14-6-8-15(9-7-14)22(28)20-21(18-4-2-3-5-19(18)27(31)32)26(24(30)23(20)29)17-12-10-16(25)11-13-17/h2-13,21,28H,1H3/b22-20-. The highest BCUT2D eigenvalue weighted by Gasteiger charge is 2.48. The van der Waals surface area contributed by atoms with Gasteiger partial charge in [-0.15, -0.1) is 0 Å². The maximum absolute atomic E-state index is 13.5. The van der Waals surface area contributed by atoms with Gasteiger partial charge < -0.3 is 5.11 Å². The van der Waals surface area contributed by atoms with Gasteiger partial charge >= 0.3 is 0 Å². The summed E-state index contributed by atoms with van der Waals surface area (Å²) >= 11 is 0. The maximum atomic E-state index is 13.5. The number of nitro groups is 1. The number of ketones is 1. The Balaban J connectivity index is 2.00. The summed E-state index contributed by atoms with van der Waals surface area (Å²) in [5.41, 5.74) is 0.827. The molecule has 1 aliphatic heterocycles. The number of anilines is 1. The first-order chi connectivity index (χ1) is 15.3. The quantitative estimate of drug-likeness (QED) is 0.212. The second-order valence-corrected chi connectivity index (χ2v) is 7.33. The lowest BCUT2D eigenvalue weighted by atomic mass is 9.94. The zero-order valence-electron chi connectivity index (χ0n) is 16.9. The highest BCUT2D eigenvalue weighted by atomic mass is 19.1. The lowest BCUT2D eigenvalue weighted by molar-refractivity contribution is -0.385. The molecule has 7 nitrogen and oxygen atoms in total. The van der Waals surface area contributed by atoms with E-state index in [0.29, 0.717) is 0 Å². The van der Waals surface area contributed by atoms with Gasteiger partial charge in [-0.1, -0.05) is 42.0 Å². The first kappa shape index (κ1) is 20.9. The molecule has 0 bridgehead atoms. The minimum Gasteiger partial charge on any atom is -0.507 e. The Labute approximate surface area is 182 Å². The van der Waals surface area contributed by atoms with Crippen LogP contribution < -0.4 is 4.90 Å². The molecule has 3 aromatic carbocycles. The van der Waals surface area contributed by atoms with Crippen LogP contribution in [0.15, 0.2) is 78.4 Å². The Morgan fingerprint density at radius 3 is 2.25 bits per heavy atom. The number of nitrogens with zero attached hydrogens (tertiary/aromatic N) is 2. The van der Waals surface area contributed by atoms with Crippen LogP contribution in [0.4, 0.5) is 15.8 Å². The van der Waals surface area contributed by atoms with Crippen molar-refractivity contribution in [3.63, 3.8) is 0 Å². The van der Waals surface area contributed by atoms with E-state index in [1.165, 1.54) is 30.3 Å². The van der Waals surface area contributed by atoms with Crippen LogP contribution >= 0.6 is 0 Å². The molecular weight excluding hydrogens is 415 g/mol. The van der Waals surface area contributed by atoms with Gasteiger partial charge in [0.1, 0.15) is 17.6 Å². The van der Waals surface area contributed by atoms with E-state index in [0.717, 1.165) is 22.6 Å². The number of nitro benzene ring substituents is 1. The van der Waals surface area contributed by atoms with Crippen molar-refractivity contribution in [2.24, 2.45) is 0 Å². The predicted molar refractivity (Wildman–Crippen MR) is 115 cm³/mol. The summed E-state index contributed by atoms with van der Waals surface area (Å²) in [4.78, 5) is 38.2. The van der Waals surface area contributed by atoms with Gasteiger partial charge in [0.05, 0.1) is 16.1 Å². The second kappa shape index (κ2) is 8.07. The van der Waals surface area contributed by atoms with Gasteiger partial charge in [0.2, 0.25) is 0 Å². The first-order valence-corrected chi connectivity index (χ1v) is 9.66. The van der Waals surface area contributed by atoms with Gasteiger partial charge in [-0.25, -0.2) is 4.39 Å². The van der Waals surface area contributed by atoms with E-state index in [-0.39, 0.29) is 28.1 Å². The maximum Gasteiger partial charge on any atom is 0.300 e. The van der Waals surface area contributed by atoms with Crippen LogP contribution in [-0.2, 0) is 9.59 Å². The third-order valence-corrected chi connectivity index (χ3v) is 5.30. The normalized spacial score (nSPS) is 17.6. The Morgan fingerprint density at radius 1 is 1.00 bits per heavy atom. The predicted octanol–water partition coefficient (Wildman–Crippen LogP) is 4.67. The Hall–Kier alpha value is -4.33. The van der Waals surface area contributed by atoms with Crippen LogP contribution in [0.25, 0.3) is 5.76 Å². The Bertz CT molecular complexity index is 1270. The number of amides is 1. The van der Waals surface area contributed by atoms with Crippen LogP contribution in [0.3, 0.4) is 0 Å². The van der Waals surface area contributed by atoms with Gasteiger partial charge in [0.15, 0.2) is 0 Å². The molecule has 1 heterocycles. The molecule has 1 aliphatic rings. The number of aliphatic hydroxyl groups is 1. The van der Waals surface area contributed by atoms with Crippen LogP contribution in [0, 0.1) is 22.9 Å². The molecule has 1 saturated heterocycles. The van der Waals surface area contributed by atoms with Crippen molar-refractivity contribution in [2.75, 3.05) is 4.90 Å². The number of carbonyl (C=O) groups excluding carboxylic acids is 2. The van der Waals surface area contributed by atoms with Crippen molar-refractivity contribution in [1.29, 1.82) is 0 Å². The molecule has 1 atom stereocenters. The molecule has 4 rings (SSSR count). The van der Waals surface area contributed by atoms with E-state index in [1.54, 1.807) is 30.3 Å². The fourth-order valence-corrected chi connectivity index (χ4v) is 3.75. The molecule has 1 fully saturated rings. The summed E-state index contributed by atoms with van der Waals surface area (Å²) in [6, 6.07) is 15.9. The molecule has 3 aromatic rings. The number of hydrogen-bond acceptors (Lipinski definition) is 5. The highest BCUT2D eigenvalue weighted by molar-refractivity contribution is 6.51. The molecule has 0 radical (unpaired) electrons. The summed E-state index contributed by atoms with van der Waals surface area (Å²) in [6.07, 6.45) is 0. The van der Waals surface area contributed by atoms with E-state index in [1.807, 2.05) is 6.92 Å². The van der Waals surface area contributed by atoms with Gasteiger partial charge in [-0.2, -0.15) is 0 Å². The van der Waals surface area contributed by atoms with Gasteiger partial charge in [-0.05, 0) is 37.3 Å². The monoisotopic (exact) mass is 432 g/mol. The van der Waals surface area contributed by atoms with Crippen LogP contribution in [0.2, 0.25) is 0 Å². The fourth-order valence-electron chi connectivity index (χ4n) is 3.75. The lowest BCUT2D eigenvalue weighted by Crippen LogP contribution is -2.29. The van der Waals surface area contributed by atoms with Gasteiger partial charge in [0, 0.05) is 17.3 Å². The SMILES string of the molecule is Cc1ccc(/C(O)=C2/C(=O)C(=O)N(c3ccc(F)cc3)C2c2ccccc2[N+](=O)[O-])cc1. The number of benzene rings is 3. The summed E-state index contributed by atoms with van der Waals surface area (Å²) < 4.78 is 13.5. The molecule has 1 N–H and O–H groups in total. The van der Waals surface area contributed by atoms with Crippen LogP contribution in [-0.4, -0.2) is 21.7 Å². The van der Waals surface area contributed by atoms with E-state index in [2.05, 4.69) is 0 Å². The molecule has 0 saturated carbocycles. The second-order valence-electron chi connectivity index (χ2n) is 7.33. The van der Waals surface area contributed by atoms with Crippen molar-refractivity contribution in [3.8, 4) is 0 Å². The molecule has 8 heteroatoms. The van der Waals surface area contributed by atoms with E-state index < -0.39 is 34.2 Å². The van der Waals surface area contributed by atoms with Crippen molar-refractivity contribution in [2.45, 2.75) is 13.0 Å². The number of carbonyl (C=O) groups is 2.